The zero-order valence-corrected chi connectivity index (χ0v) is 11.9. The van der Waals surface area contributed by atoms with Gasteiger partial charge in [-0.3, -0.25) is 4.79 Å². The highest BCUT2D eigenvalue weighted by Crippen LogP contribution is 2.12. The Morgan fingerprint density at radius 2 is 1.68 bits per heavy atom. The lowest BCUT2D eigenvalue weighted by atomic mass is 10.1. The van der Waals surface area contributed by atoms with Gasteiger partial charge in [-0.1, -0.05) is 49.3 Å². The molecule has 1 aliphatic heterocycles. The van der Waals surface area contributed by atoms with Crippen LogP contribution in [0.5, 0.6) is 0 Å². The Morgan fingerprint density at radius 1 is 1.11 bits per heavy atom. The second-order valence-electron chi connectivity index (χ2n) is 5.03. The van der Waals surface area contributed by atoms with E-state index in [1.54, 1.807) is 0 Å². The Bertz CT molecular complexity index is 448. The van der Waals surface area contributed by atoms with Crippen molar-refractivity contribution in [2.75, 3.05) is 13.1 Å². The third-order valence-electron chi connectivity index (χ3n) is 3.55. The van der Waals surface area contributed by atoms with Crippen LogP contribution in [0.2, 0.25) is 0 Å². The van der Waals surface area contributed by atoms with Gasteiger partial charge in [0, 0.05) is 18.7 Å². The van der Waals surface area contributed by atoms with Gasteiger partial charge in [-0.15, -0.1) is 0 Å². The monoisotopic (exact) mass is 276 g/mol. The summed E-state index contributed by atoms with van der Waals surface area (Å²) in [5.74, 6) is 0.227. The van der Waals surface area contributed by atoms with Crippen LogP contribution in [-0.2, 0) is 11.2 Å². The van der Waals surface area contributed by atoms with Gasteiger partial charge in [-0.2, -0.15) is 0 Å². The number of nitrogens with two attached hydrogens (primary N) is 1. The molecular weight excluding hydrogens is 256 g/mol. The smallest absolute Gasteiger partial charge is 0.226 e. The van der Waals surface area contributed by atoms with Crippen molar-refractivity contribution in [1.29, 1.82) is 0 Å². The van der Waals surface area contributed by atoms with Gasteiger partial charge >= 0.3 is 0 Å². The Morgan fingerprint density at radius 3 is 2.21 bits per heavy atom. The predicted molar refractivity (Wildman–Crippen MR) is 81.1 cm³/mol. The fourth-order valence-electron chi connectivity index (χ4n) is 2.39. The van der Waals surface area contributed by atoms with Crippen molar-refractivity contribution in [3.63, 3.8) is 0 Å². The second-order valence-corrected chi connectivity index (χ2v) is 5.47. The molecule has 2 rings (SSSR count). The van der Waals surface area contributed by atoms with Crippen LogP contribution in [0.25, 0.3) is 0 Å². The predicted octanol–water partition coefficient (Wildman–Crippen LogP) is 2.27. The summed E-state index contributed by atoms with van der Waals surface area (Å²) < 4.78 is 0. The molecule has 2 N–H and O–H groups in total. The van der Waals surface area contributed by atoms with Crippen LogP contribution in [-0.4, -0.2) is 28.9 Å². The first-order valence-corrected chi connectivity index (χ1v) is 7.24. The molecule has 1 aromatic carbocycles. The average Bonchev–Trinajstić information content (AvgIpc) is 2.68. The number of carbonyl (C=O) groups is 1. The van der Waals surface area contributed by atoms with Gasteiger partial charge in [0.25, 0.3) is 0 Å². The number of amides is 1. The Balaban J connectivity index is 1.95. The summed E-state index contributed by atoms with van der Waals surface area (Å²) in [7, 11) is 0. The van der Waals surface area contributed by atoms with Crippen LogP contribution in [0.3, 0.4) is 0 Å². The molecule has 0 unspecified atom stereocenters. The van der Waals surface area contributed by atoms with E-state index in [9.17, 15) is 4.79 Å². The van der Waals surface area contributed by atoms with Crippen molar-refractivity contribution >= 4 is 23.1 Å². The molecule has 0 spiro atoms. The first-order chi connectivity index (χ1) is 9.16. The lowest BCUT2D eigenvalue weighted by molar-refractivity contribution is -0.130. The van der Waals surface area contributed by atoms with Crippen molar-refractivity contribution < 1.29 is 4.79 Å². The first kappa shape index (κ1) is 14.0. The van der Waals surface area contributed by atoms with Gasteiger partial charge in [-0.25, -0.2) is 0 Å². The van der Waals surface area contributed by atoms with E-state index in [-0.39, 0.29) is 5.91 Å². The Kier molecular flexibility index (Phi) is 4.91. The van der Waals surface area contributed by atoms with E-state index in [0.717, 1.165) is 37.1 Å². The molecule has 1 aromatic rings. The van der Waals surface area contributed by atoms with E-state index >= 15 is 0 Å². The molecule has 1 aliphatic rings. The maximum Gasteiger partial charge on any atom is 0.226 e. The standard InChI is InChI=1S/C15H20N2OS/c16-15(19)13-7-5-12(6-8-13)11-14(18)17-9-3-1-2-4-10-17/h5-8H,1-4,9-11H2,(H2,16,19). The largest absolute Gasteiger partial charge is 0.389 e. The molecule has 0 aliphatic carbocycles. The number of benzene rings is 1. The van der Waals surface area contributed by atoms with E-state index in [2.05, 4.69) is 0 Å². The minimum absolute atomic E-state index is 0.227. The summed E-state index contributed by atoms with van der Waals surface area (Å²) in [6.45, 7) is 1.81. The molecular formula is C15H20N2OS. The van der Waals surface area contributed by atoms with Crippen LogP contribution in [0, 0.1) is 0 Å². The van der Waals surface area contributed by atoms with Gasteiger partial charge in [-0.05, 0) is 18.4 Å². The lowest BCUT2D eigenvalue weighted by Gasteiger charge is -2.20. The fourth-order valence-corrected chi connectivity index (χ4v) is 2.53. The molecule has 1 heterocycles. The highest BCUT2D eigenvalue weighted by Gasteiger charge is 2.15. The van der Waals surface area contributed by atoms with Gasteiger partial charge in [0.15, 0.2) is 0 Å². The molecule has 102 valence electrons. The Hall–Kier alpha value is -1.42. The highest BCUT2D eigenvalue weighted by molar-refractivity contribution is 7.80. The van der Waals surface area contributed by atoms with Crippen LogP contribution < -0.4 is 5.73 Å². The topological polar surface area (TPSA) is 46.3 Å². The van der Waals surface area contributed by atoms with Crippen LogP contribution >= 0.6 is 12.2 Å². The second kappa shape index (κ2) is 6.66. The molecule has 3 nitrogen and oxygen atoms in total. The van der Waals surface area contributed by atoms with E-state index in [0.29, 0.717) is 11.4 Å². The minimum Gasteiger partial charge on any atom is -0.389 e. The molecule has 0 radical (unpaired) electrons. The number of nitrogens with zero attached hydrogens (tertiary/aromatic N) is 1. The van der Waals surface area contributed by atoms with Gasteiger partial charge in [0.05, 0.1) is 6.42 Å². The van der Waals surface area contributed by atoms with Gasteiger partial charge < -0.3 is 10.6 Å². The maximum absolute atomic E-state index is 12.2. The van der Waals surface area contributed by atoms with E-state index in [1.165, 1.54) is 12.8 Å². The highest BCUT2D eigenvalue weighted by atomic mass is 32.1. The summed E-state index contributed by atoms with van der Waals surface area (Å²) in [6.07, 6.45) is 5.22. The van der Waals surface area contributed by atoms with Crippen LogP contribution in [0.4, 0.5) is 0 Å². The number of rotatable bonds is 3. The summed E-state index contributed by atoms with van der Waals surface area (Å²) in [6, 6.07) is 7.63. The molecule has 1 amide bonds. The van der Waals surface area contributed by atoms with E-state index < -0.39 is 0 Å². The number of likely N-dealkylation sites (tertiary alicyclic amines) is 1. The third-order valence-corrected chi connectivity index (χ3v) is 3.79. The van der Waals surface area contributed by atoms with Crippen molar-refractivity contribution in [3.05, 3.63) is 35.4 Å². The molecule has 0 bridgehead atoms. The minimum atomic E-state index is 0.227. The SMILES string of the molecule is NC(=S)c1ccc(CC(=O)N2CCCCCC2)cc1. The normalized spacial score (nSPS) is 15.9. The number of hydrogen-bond acceptors (Lipinski definition) is 2. The van der Waals surface area contributed by atoms with Crippen LogP contribution in [0.1, 0.15) is 36.8 Å². The maximum atomic E-state index is 12.2. The van der Waals surface area contributed by atoms with Crippen molar-refractivity contribution in [1.82, 2.24) is 4.90 Å². The van der Waals surface area contributed by atoms with Crippen LogP contribution in [0.15, 0.2) is 24.3 Å². The zero-order valence-electron chi connectivity index (χ0n) is 11.1. The summed E-state index contributed by atoms with van der Waals surface area (Å²) in [5.41, 5.74) is 7.43. The van der Waals surface area contributed by atoms with E-state index in [4.69, 9.17) is 18.0 Å². The number of carbonyl (C=O) groups excluding carboxylic acids is 1. The molecule has 1 fully saturated rings. The van der Waals surface area contributed by atoms with Crippen molar-refractivity contribution in [2.45, 2.75) is 32.1 Å². The van der Waals surface area contributed by atoms with Gasteiger partial charge in [0.1, 0.15) is 4.99 Å². The molecule has 0 saturated carbocycles. The third kappa shape index (κ3) is 4.03. The quantitative estimate of drug-likeness (QED) is 0.861. The summed E-state index contributed by atoms with van der Waals surface area (Å²) in [5, 5.41) is 0. The van der Waals surface area contributed by atoms with Crippen molar-refractivity contribution in [2.24, 2.45) is 5.73 Å². The van der Waals surface area contributed by atoms with Crippen molar-refractivity contribution in [3.8, 4) is 0 Å². The first-order valence-electron chi connectivity index (χ1n) is 6.83. The average molecular weight is 276 g/mol. The zero-order chi connectivity index (χ0) is 13.7. The molecule has 19 heavy (non-hydrogen) atoms. The number of hydrogen-bond donors (Lipinski definition) is 1. The molecule has 0 atom stereocenters. The fraction of sp³-hybridized carbons (Fsp3) is 0.467. The lowest BCUT2D eigenvalue weighted by Crippen LogP contribution is -2.33. The van der Waals surface area contributed by atoms with E-state index in [1.807, 2.05) is 29.2 Å². The summed E-state index contributed by atoms with van der Waals surface area (Å²) >= 11 is 4.91. The Labute approximate surface area is 119 Å². The molecule has 4 heteroatoms. The molecule has 1 saturated heterocycles. The molecule has 0 aromatic heterocycles. The number of thiocarbonyl (C=S) groups is 1. The van der Waals surface area contributed by atoms with Gasteiger partial charge in [0.2, 0.25) is 5.91 Å². The summed E-state index contributed by atoms with van der Waals surface area (Å²) in [4.78, 5) is 14.6.